The highest BCUT2D eigenvalue weighted by Crippen LogP contribution is 2.32. The van der Waals surface area contributed by atoms with E-state index in [-0.39, 0.29) is 23.6 Å². The second-order valence-electron chi connectivity index (χ2n) is 11.3. The highest BCUT2D eigenvalue weighted by atomic mass is 16.5. The molecule has 2 aromatic heterocycles. The third-order valence-corrected chi connectivity index (χ3v) is 7.61. The van der Waals surface area contributed by atoms with E-state index >= 15 is 0 Å². The first kappa shape index (κ1) is 35.9. The Balaban J connectivity index is 0.000000220. The van der Waals surface area contributed by atoms with Crippen LogP contribution < -0.4 is 15.6 Å². The molecule has 3 aromatic rings. The number of fused-ring (bicyclic) bond motifs is 1. The first-order chi connectivity index (χ1) is 22.3. The molecule has 1 aromatic carbocycles. The molecular weight excluding hydrogens is 588 g/mol. The standard InChI is InChI=1S/C17H29N3O2.C14H11N3O2.C3H6O2/c1-19(2)10-6-4-3-5-8-14-12-15(14)18-17(22)16-9-7-11-20(16)13-21;1-19-10-2-3-11-12(8-10)16-13(17-14(11)18)9-4-6-15-7-5-9;1-2-5-3-4/h5,8,13-16H,3-4,6-7,9-12H2,1-2H3,(H,18,22);2-8H,1H3,(H,16,17,18);3H,2H2,1H3/b8-5-;;/t14-,15?,16?;;/m1../s1. The number of H-pyrrole nitrogens is 1. The molecule has 0 spiro atoms. The van der Waals surface area contributed by atoms with Crippen LogP contribution in [0.3, 0.4) is 0 Å². The number of pyridine rings is 1. The number of likely N-dealkylation sites (tertiary alicyclic amines) is 1. The molecule has 2 aliphatic rings. The summed E-state index contributed by atoms with van der Waals surface area (Å²) in [5.41, 5.74) is 1.26. The number of methoxy groups -OCH3 is 1. The highest BCUT2D eigenvalue weighted by Gasteiger charge is 2.39. The minimum absolute atomic E-state index is 0.0245. The molecule has 0 radical (unpaired) electrons. The third-order valence-electron chi connectivity index (χ3n) is 7.61. The van der Waals surface area contributed by atoms with Crippen molar-refractivity contribution in [3.63, 3.8) is 0 Å². The Morgan fingerprint density at radius 1 is 1.17 bits per heavy atom. The van der Waals surface area contributed by atoms with Crippen LogP contribution in [-0.4, -0.2) is 96.5 Å². The van der Waals surface area contributed by atoms with Crippen molar-refractivity contribution in [1.29, 1.82) is 0 Å². The van der Waals surface area contributed by atoms with Crippen LogP contribution in [-0.2, 0) is 19.1 Å². The topological polar surface area (TPSA) is 147 Å². The third kappa shape index (κ3) is 11.4. The molecule has 2 unspecified atom stereocenters. The van der Waals surface area contributed by atoms with Gasteiger partial charge in [-0.25, -0.2) is 4.98 Å². The van der Waals surface area contributed by atoms with E-state index in [9.17, 15) is 19.2 Å². The molecule has 46 heavy (non-hydrogen) atoms. The molecule has 5 rings (SSSR count). The number of unbranched alkanes of at least 4 members (excludes halogenated alkanes) is 2. The van der Waals surface area contributed by atoms with Gasteiger partial charge in [0.15, 0.2) is 0 Å². The van der Waals surface area contributed by atoms with E-state index in [1.807, 2.05) is 0 Å². The molecule has 1 aliphatic heterocycles. The zero-order chi connectivity index (χ0) is 33.3. The number of hydrogen-bond acceptors (Lipinski definition) is 9. The van der Waals surface area contributed by atoms with Crippen molar-refractivity contribution in [3.05, 3.63) is 65.2 Å². The van der Waals surface area contributed by atoms with Gasteiger partial charge in [-0.1, -0.05) is 12.2 Å². The van der Waals surface area contributed by atoms with Gasteiger partial charge in [0, 0.05) is 36.6 Å². The lowest BCUT2D eigenvalue weighted by Gasteiger charge is -2.19. The molecule has 3 atom stereocenters. The number of amides is 2. The van der Waals surface area contributed by atoms with Crippen LogP contribution in [0.15, 0.2) is 59.7 Å². The van der Waals surface area contributed by atoms with Crippen LogP contribution in [0.5, 0.6) is 5.75 Å². The fourth-order valence-electron chi connectivity index (χ4n) is 4.99. The van der Waals surface area contributed by atoms with E-state index in [1.165, 1.54) is 12.8 Å². The molecule has 2 N–H and O–H groups in total. The van der Waals surface area contributed by atoms with E-state index in [1.54, 1.807) is 61.7 Å². The van der Waals surface area contributed by atoms with Crippen LogP contribution in [0, 0.1) is 5.92 Å². The summed E-state index contributed by atoms with van der Waals surface area (Å²) in [4.78, 5) is 59.2. The largest absolute Gasteiger partial charge is 0.497 e. The Bertz CT molecular complexity index is 1480. The molecule has 1 saturated heterocycles. The van der Waals surface area contributed by atoms with Gasteiger partial charge in [-0.05, 0) is 96.3 Å². The molecule has 0 bridgehead atoms. The first-order valence-electron chi connectivity index (χ1n) is 15.7. The Kier molecular flexibility index (Phi) is 14.9. The summed E-state index contributed by atoms with van der Waals surface area (Å²) in [5, 5.41) is 3.62. The number of hydrogen-bond donors (Lipinski definition) is 2. The van der Waals surface area contributed by atoms with Crippen LogP contribution >= 0.6 is 0 Å². The number of carbonyl (C=O) groups is 3. The number of rotatable bonds is 13. The Labute approximate surface area is 270 Å². The number of allylic oxidation sites excluding steroid dienone is 1. The minimum Gasteiger partial charge on any atom is -0.497 e. The summed E-state index contributed by atoms with van der Waals surface area (Å²) < 4.78 is 9.30. The van der Waals surface area contributed by atoms with Gasteiger partial charge in [-0.3, -0.25) is 24.2 Å². The summed E-state index contributed by atoms with van der Waals surface area (Å²) in [6, 6.07) is 8.82. The lowest BCUT2D eigenvalue weighted by Crippen LogP contribution is -2.43. The summed E-state index contributed by atoms with van der Waals surface area (Å²) >= 11 is 0. The number of carbonyl (C=O) groups excluding carboxylic acids is 3. The Morgan fingerprint density at radius 2 is 1.96 bits per heavy atom. The maximum Gasteiger partial charge on any atom is 0.293 e. The summed E-state index contributed by atoms with van der Waals surface area (Å²) in [6.07, 6.45) is 14.9. The van der Waals surface area contributed by atoms with Gasteiger partial charge in [0.2, 0.25) is 12.3 Å². The van der Waals surface area contributed by atoms with Crippen LogP contribution in [0.25, 0.3) is 22.3 Å². The highest BCUT2D eigenvalue weighted by molar-refractivity contribution is 5.84. The van der Waals surface area contributed by atoms with Gasteiger partial charge in [-0.15, -0.1) is 0 Å². The first-order valence-corrected chi connectivity index (χ1v) is 15.7. The zero-order valence-electron chi connectivity index (χ0n) is 27.2. The SMILES string of the molecule is CCOC=O.CN(C)CCCC/C=C\[C@@H]1CC1NC(=O)C1CCCN1C=O.COc1ccc2c(=O)[nH]c(-c3ccncc3)nc2c1. The monoisotopic (exact) mass is 634 g/mol. The summed E-state index contributed by atoms with van der Waals surface area (Å²) in [6.45, 7) is 4.52. The number of benzene rings is 1. The second kappa shape index (κ2) is 19.1. The molecule has 3 heterocycles. The van der Waals surface area contributed by atoms with E-state index in [0.29, 0.717) is 48.0 Å². The van der Waals surface area contributed by atoms with Crippen molar-refractivity contribution >= 4 is 29.7 Å². The van der Waals surface area contributed by atoms with Gasteiger partial charge in [0.05, 0.1) is 24.6 Å². The molecular formula is C34H46N6O6. The fraction of sp³-hybridized carbons (Fsp3) is 0.471. The molecule has 12 nitrogen and oxygen atoms in total. The lowest BCUT2D eigenvalue weighted by molar-refractivity contribution is -0.131. The van der Waals surface area contributed by atoms with Crippen molar-refractivity contribution in [2.75, 3.05) is 40.9 Å². The summed E-state index contributed by atoms with van der Waals surface area (Å²) in [7, 11) is 5.78. The molecule has 2 fully saturated rings. The van der Waals surface area contributed by atoms with Gasteiger partial charge >= 0.3 is 0 Å². The van der Waals surface area contributed by atoms with Gasteiger partial charge in [-0.2, -0.15) is 0 Å². The number of aromatic nitrogens is 3. The summed E-state index contributed by atoms with van der Waals surface area (Å²) in [5.74, 6) is 1.71. The predicted octanol–water partition coefficient (Wildman–Crippen LogP) is 3.57. The van der Waals surface area contributed by atoms with Crippen molar-refractivity contribution in [2.45, 2.75) is 57.5 Å². The van der Waals surface area contributed by atoms with Crippen LogP contribution in [0.1, 0.15) is 45.4 Å². The van der Waals surface area contributed by atoms with Crippen LogP contribution in [0.2, 0.25) is 0 Å². The van der Waals surface area contributed by atoms with Gasteiger partial charge in [0.25, 0.3) is 12.0 Å². The van der Waals surface area contributed by atoms with Gasteiger partial charge in [0.1, 0.15) is 17.6 Å². The molecule has 12 heteroatoms. The van der Waals surface area contributed by atoms with Crippen molar-refractivity contribution in [2.24, 2.45) is 5.92 Å². The zero-order valence-corrected chi connectivity index (χ0v) is 27.2. The average molecular weight is 635 g/mol. The van der Waals surface area contributed by atoms with Crippen molar-refractivity contribution in [3.8, 4) is 17.1 Å². The molecule has 2 amide bonds. The number of nitrogens with zero attached hydrogens (tertiary/aromatic N) is 4. The molecule has 1 aliphatic carbocycles. The van der Waals surface area contributed by atoms with Crippen LogP contribution in [0.4, 0.5) is 0 Å². The van der Waals surface area contributed by atoms with E-state index in [0.717, 1.165) is 44.2 Å². The second-order valence-corrected chi connectivity index (χ2v) is 11.3. The predicted molar refractivity (Wildman–Crippen MR) is 177 cm³/mol. The lowest BCUT2D eigenvalue weighted by atomic mass is 10.2. The minimum atomic E-state index is -0.242. The average Bonchev–Trinajstić information content (AvgIpc) is 3.61. The number of aromatic amines is 1. The Morgan fingerprint density at radius 3 is 2.61 bits per heavy atom. The molecule has 1 saturated carbocycles. The van der Waals surface area contributed by atoms with Gasteiger partial charge < -0.3 is 29.6 Å². The normalized spacial score (nSPS) is 18.3. The quantitative estimate of drug-likeness (QED) is 0.164. The van der Waals surface area contributed by atoms with E-state index < -0.39 is 0 Å². The number of ether oxygens (including phenoxy) is 2. The fourth-order valence-corrected chi connectivity index (χ4v) is 4.99. The Hall–Kier alpha value is -4.58. The smallest absolute Gasteiger partial charge is 0.293 e. The van der Waals surface area contributed by atoms with Crippen molar-refractivity contribution in [1.82, 2.24) is 30.1 Å². The maximum absolute atomic E-state index is 12.1. The number of nitrogens with one attached hydrogen (secondary N) is 2. The maximum atomic E-state index is 12.1. The van der Waals surface area contributed by atoms with E-state index in [4.69, 9.17) is 4.74 Å². The van der Waals surface area contributed by atoms with E-state index in [2.05, 4.69) is 56.2 Å². The molecule has 248 valence electrons. The van der Waals surface area contributed by atoms with Crippen molar-refractivity contribution < 1.29 is 23.9 Å².